The zero-order valence-corrected chi connectivity index (χ0v) is 19.7. The fraction of sp³-hybridized carbons (Fsp3) is 0.565. The Labute approximate surface area is 189 Å². The summed E-state index contributed by atoms with van der Waals surface area (Å²) in [6.07, 6.45) is 4.03. The van der Waals surface area contributed by atoms with Crippen LogP contribution in [0.5, 0.6) is 0 Å². The molecule has 3 aromatic rings. The number of fused-ring (bicyclic) bond motifs is 1. The first-order valence-electron chi connectivity index (χ1n) is 11.2. The molecule has 1 fully saturated rings. The van der Waals surface area contributed by atoms with E-state index in [1.807, 2.05) is 38.5 Å². The number of nitrogens with two attached hydrogens (primary N) is 1. The molecule has 0 saturated carbocycles. The number of anilines is 1. The Hall–Kier alpha value is -2.09. The molecule has 31 heavy (non-hydrogen) atoms. The summed E-state index contributed by atoms with van der Waals surface area (Å²) in [5, 5.41) is 4.45. The highest BCUT2D eigenvalue weighted by Gasteiger charge is 2.23. The third kappa shape index (κ3) is 4.89. The first kappa shape index (κ1) is 22.1. The van der Waals surface area contributed by atoms with E-state index in [4.69, 9.17) is 22.3 Å². The fourth-order valence-corrected chi connectivity index (χ4v) is 4.43. The van der Waals surface area contributed by atoms with Gasteiger partial charge in [-0.15, -0.1) is 0 Å². The van der Waals surface area contributed by atoms with E-state index < -0.39 is 0 Å². The lowest BCUT2D eigenvalue weighted by molar-refractivity contribution is 0.194. The van der Waals surface area contributed by atoms with Crippen LogP contribution in [0.25, 0.3) is 11.0 Å². The number of benzene rings is 1. The molecule has 1 saturated heterocycles. The molecule has 1 aliphatic heterocycles. The molecule has 0 radical (unpaired) electrons. The third-order valence-corrected chi connectivity index (χ3v) is 6.77. The molecule has 1 atom stereocenters. The van der Waals surface area contributed by atoms with Crippen LogP contribution in [0.2, 0.25) is 5.02 Å². The highest BCUT2D eigenvalue weighted by molar-refractivity contribution is 6.31. The van der Waals surface area contributed by atoms with Gasteiger partial charge < -0.3 is 25.1 Å². The minimum absolute atomic E-state index is 0.237. The summed E-state index contributed by atoms with van der Waals surface area (Å²) in [6, 6.07) is 6.52. The van der Waals surface area contributed by atoms with Crippen LogP contribution in [0, 0.1) is 12.8 Å². The van der Waals surface area contributed by atoms with Crippen molar-refractivity contribution in [2.24, 2.45) is 18.7 Å². The van der Waals surface area contributed by atoms with Crippen LogP contribution in [0.4, 0.5) is 5.95 Å². The van der Waals surface area contributed by atoms with Crippen molar-refractivity contribution in [1.82, 2.24) is 24.0 Å². The Balaban J connectivity index is 1.53. The molecule has 0 aliphatic carbocycles. The number of imidazole rings is 2. The van der Waals surface area contributed by atoms with Gasteiger partial charge in [0.2, 0.25) is 5.95 Å². The maximum absolute atomic E-state index is 6.32. The van der Waals surface area contributed by atoms with Gasteiger partial charge >= 0.3 is 0 Å². The largest absolute Gasteiger partial charge is 0.353 e. The van der Waals surface area contributed by atoms with E-state index in [-0.39, 0.29) is 6.04 Å². The Morgan fingerprint density at radius 2 is 2.00 bits per heavy atom. The zero-order chi connectivity index (χ0) is 22.1. The fourth-order valence-electron chi connectivity index (χ4n) is 4.27. The van der Waals surface area contributed by atoms with Crippen molar-refractivity contribution >= 4 is 28.6 Å². The maximum Gasteiger partial charge on any atom is 0.204 e. The van der Waals surface area contributed by atoms with E-state index in [0.29, 0.717) is 18.5 Å². The predicted octanol–water partition coefficient (Wildman–Crippen LogP) is 3.64. The van der Waals surface area contributed by atoms with Crippen LogP contribution in [-0.2, 0) is 13.6 Å². The molecular formula is C23H34ClN7. The average Bonchev–Trinajstić information content (AvgIpc) is 3.23. The van der Waals surface area contributed by atoms with Crippen LogP contribution in [0.3, 0.4) is 0 Å². The SMILES string of the molecule is Cc1ncn(C)c1Cn1c(NC2CCN(CC(N)C(C)C)CC2)nc2ccc(Cl)cc21. The van der Waals surface area contributed by atoms with Gasteiger partial charge in [0, 0.05) is 43.8 Å². The highest BCUT2D eigenvalue weighted by Crippen LogP contribution is 2.26. The van der Waals surface area contributed by atoms with Gasteiger partial charge in [0.25, 0.3) is 0 Å². The number of piperidine rings is 1. The Kier molecular flexibility index (Phi) is 6.55. The second-order valence-corrected chi connectivity index (χ2v) is 9.61. The monoisotopic (exact) mass is 443 g/mol. The van der Waals surface area contributed by atoms with Crippen molar-refractivity contribution in [3.63, 3.8) is 0 Å². The molecule has 0 bridgehead atoms. The van der Waals surface area contributed by atoms with E-state index in [1.54, 1.807) is 0 Å². The van der Waals surface area contributed by atoms with Crippen molar-refractivity contribution < 1.29 is 0 Å². The third-order valence-electron chi connectivity index (χ3n) is 6.53. The summed E-state index contributed by atoms with van der Waals surface area (Å²) >= 11 is 6.32. The minimum Gasteiger partial charge on any atom is -0.353 e. The Bertz CT molecular complexity index is 1010. The van der Waals surface area contributed by atoms with Crippen molar-refractivity contribution in [3.05, 3.63) is 40.9 Å². The van der Waals surface area contributed by atoms with E-state index in [1.165, 1.54) is 5.69 Å². The van der Waals surface area contributed by atoms with Crippen molar-refractivity contribution in [2.75, 3.05) is 25.0 Å². The molecule has 1 unspecified atom stereocenters. The van der Waals surface area contributed by atoms with Crippen LogP contribution >= 0.6 is 11.6 Å². The van der Waals surface area contributed by atoms with Crippen LogP contribution in [0.15, 0.2) is 24.5 Å². The zero-order valence-electron chi connectivity index (χ0n) is 19.0. The van der Waals surface area contributed by atoms with Gasteiger partial charge in [-0.1, -0.05) is 25.4 Å². The molecule has 0 spiro atoms. The number of nitrogens with one attached hydrogen (secondary N) is 1. The van der Waals surface area contributed by atoms with Crippen LogP contribution in [0.1, 0.15) is 38.1 Å². The molecular weight excluding hydrogens is 410 g/mol. The molecule has 2 aromatic heterocycles. The van der Waals surface area contributed by atoms with Gasteiger partial charge in [-0.25, -0.2) is 9.97 Å². The number of aryl methyl sites for hydroxylation is 2. The summed E-state index contributed by atoms with van der Waals surface area (Å²) in [7, 11) is 2.03. The lowest BCUT2D eigenvalue weighted by Crippen LogP contribution is -2.46. The smallest absolute Gasteiger partial charge is 0.204 e. The molecule has 3 N–H and O–H groups in total. The van der Waals surface area contributed by atoms with Gasteiger partial charge in [-0.2, -0.15) is 0 Å². The molecule has 7 nitrogen and oxygen atoms in total. The lowest BCUT2D eigenvalue weighted by Gasteiger charge is -2.34. The summed E-state index contributed by atoms with van der Waals surface area (Å²) in [5.74, 6) is 1.41. The van der Waals surface area contributed by atoms with E-state index in [9.17, 15) is 0 Å². The number of hydrogen-bond donors (Lipinski definition) is 2. The van der Waals surface area contributed by atoms with E-state index in [2.05, 4.69) is 38.2 Å². The number of nitrogens with zero attached hydrogens (tertiary/aromatic N) is 5. The van der Waals surface area contributed by atoms with Crippen LogP contribution < -0.4 is 11.1 Å². The summed E-state index contributed by atoms with van der Waals surface area (Å²) in [6.45, 7) is 10.2. The van der Waals surface area contributed by atoms with E-state index >= 15 is 0 Å². The second-order valence-electron chi connectivity index (χ2n) is 9.17. The molecule has 168 valence electrons. The normalized spacial score (nSPS) is 17.0. The first-order valence-corrected chi connectivity index (χ1v) is 11.6. The Morgan fingerprint density at radius 1 is 1.26 bits per heavy atom. The predicted molar refractivity (Wildman–Crippen MR) is 128 cm³/mol. The molecule has 4 rings (SSSR count). The number of aromatic nitrogens is 4. The lowest BCUT2D eigenvalue weighted by atomic mass is 10.0. The van der Waals surface area contributed by atoms with Gasteiger partial charge in [0.15, 0.2) is 0 Å². The topological polar surface area (TPSA) is 76.9 Å². The van der Waals surface area contributed by atoms with Gasteiger partial charge in [-0.05, 0) is 43.9 Å². The van der Waals surface area contributed by atoms with Gasteiger partial charge in [-0.3, -0.25) is 0 Å². The standard InChI is InChI=1S/C23H34ClN7/c1-15(2)19(25)12-30-9-7-18(8-10-30)27-23-28-20-6-5-17(24)11-21(20)31(23)13-22-16(3)26-14-29(22)4/h5-6,11,14-15,18-19H,7-10,12-13,25H2,1-4H3,(H,27,28). The number of rotatable bonds is 7. The maximum atomic E-state index is 6.32. The van der Waals surface area contributed by atoms with Gasteiger partial charge in [0.1, 0.15) is 0 Å². The quantitative estimate of drug-likeness (QED) is 0.583. The van der Waals surface area contributed by atoms with Crippen molar-refractivity contribution in [2.45, 2.75) is 52.2 Å². The van der Waals surface area contributed by atoms with Crippen molar-refractivity contribution in [1.29, 1.82) is 0 Å². The van der Waals surface area contributed by atoms with Gasteiger partial charge in [0.05, 0.1) is 35.3 Å². The molecule has 1 aliphatic rings. The second kappa shape index (κ2) is 9.18. The van der Waals surface area contributed by atoms with E-state index in [0.717, 1.165) is 60.2 Å². The molecule has 0 amide bonds. The van der Waals surface area contributed by atoms with Crippen molar-refractivity contribution in [3.8, 4) is 0 Å². The highest BCUT2D eigenvalue weighted by atomic mass is 35.5. The summed E-state index contributed by atoms with van der Waals surface area (Å²) in [5.41, 5.74) is 10.5. The van der Waals surface area contributed by atoms with Crippen LogP contribution in [-0.4, -0.2) is 55.7 Å². The number of likely N-dealkylation sites (tertiary alicyclic amines) is 1. The molecule has 3 heterocycles. The number of hydrogen-bond acceptors (Lipinski definition) is 5. The number of halogens is 1. The molecule has 1 aromatic carbocycles. The summed E-state index contributed by atoms with van der Waals surface area (Å²) in [4.78, 5) is 11.8. The average molecular weight is 444 g/mol. The Morgan fingerprint density at radius 3 is 2.65 bits per heavy atom. The summed E-state index contributed by atoms with van der Waals surface area (Å²) < 4.78 is 4.30. The molecule has 8 heteroatoms. The minimum atomic E-state index is 0.237. The first-order chi connectivity index (χ1) is 14.8.